The van der Waals surface area contributed by atoms with Crippen LogP contribution in [0.5, 0.6) is 0 Å². The van der Waals surface area contributed by atoms with Gasteiger partial charge in [0.1, 0.15) is 0 Å². The molecule has 134 valence electrons. The van der Waals surface area contributed by atoms with Crippen LogP contribution in [0.2, 0.25) is 0 Å². The molecule has 0 amide bonds. The first kappa shape index (κ1) is 16.5. The molecule has 0 unspecified atom stereocenters. The van der Waals surface area contributed by atoms with Gasteiger partial charge in [0.25, 0.3) is 0 Å². The molecule has 0 atom stereocenters. The Balaban J connectivity index is 1.26. The van der Waals surface area contributed by atoms with Crippen molar-refractivity contribution >= 4 is 5.69 Å². The quantitative estimate of drug-likeness (QED) is 0.899. The van der Waals surface area contributed by atoms with Crippen LogP contribution in [0.4, 0.5) is 5.69 Å². The van der Waals surface area contributed by atoms with Crippen molar-refractivity contribution in [2.24, 2.45) is 5.73 Å². The first-order valence-corrected chi connectivity index (χ1v) is 9.37. The maximum absolute atomic E-state index is 6.40. The highest BCUT2D eigenvalue weighted by Crippen LogP contribution is 2.34. The Hall–Kier alpha value is -1.92. The molecular formula is C19H27N5O. The number of nitrogens with zero attached hydrogens (tertiary/aromatic N) is 4. The van der Waals surface area contributed by atoms with Gasteiger partial charge in [-0.1, -0.05) is 36.2 Å². The molecule has 1 aromatic carbocycles. The van der Waals surface area contributed by atoms with Crippen molar-refractivity contribution < 1.29 is 4.52 Å². The van der Waals surface area contributed by atoms with Crippen LogP contribution >= 0.6 is 0 Å². The minimum absolute atomic E-state index is 0.358. The molecule has 6 nitrogen and oxygen atoms in total. The lowest BCUT2D eigenvalue weighted by molar-refractivity contribution is 0.248. The Morgan fingerprint density at radius 2 is 1.76 bits per heavy atom. The number of anilines is 1. The van der Waals surface area contributed by atoms with Crippen LogP contribution in [-0.4, -0.2) is 47.8 Å². The van der Waals surface area contributed by atoms with Crippen molar-refractivity contribution in [3.63, 3.8) is 0 Å². The lowest BCUT2D eigenvalue weighted by atomic mass is 9.99. The van der Waals surface area contributed by atoms with Crippen molar-refractivity contribution in [1.29, 1.82) is 0 Å². The maximum Gasteiger partial charge on any atom is 0.228 e. The molecule has 4 rings (SSSR count). The zero-order valence-corrected chi connectivity index (χ0v) is 14.7. The van der Waals surface area contributed by atoms with Crippen LogP contribution in [0.3, 0.4) is 0 Å². The Bertz CT molecular complexity index is 672. The highest BCUT2D eigenvalue weighted by atomic mass is 16.5. The molecule has 1 aliphatic carbocycles. The van der Waals surface area contributed by atoms with Crippen LogP contribution < -0.4 is 10.6 Å². The van der Waals surface area contributed by atoms with E-state index in [0.717, 1.165) is 70.7 Å². The van der Waals surface area contributed by atoms with Crippen molar-refractivity contribution in [3.05, 3.63) is 42.0 Å². The molecule has 1 aromatic heterocycles. The monoisotopic (exact) mass is 341 g/mol. The fourth-order valence-electron chi connectivity index (χ4n) is 3.91. The van der Waals surface area contributed by atoms with Gasteiger partial charge in [0.05, 0.1) is 5.54 Å². The molecule has 1 saturated heterocycles. The summed E-state index contributed by atoms with van der Waals surface area (Å²) in [5, 5.41) is 4.15. The maximum atomic E-state index is 6.40. The SMILES string of the molecule is NC1(c2noc(CCN3CCN(c4ccccc4)CC3)n2)CCCC1. The summed E-state index contributed by atoms with van der Waals surface area (Å²) in [6, 6.07) is 10.6. The van der Waals surface area contributed by atoms with Crippen LogP contribution in [-0.2, 0) is 12.0 Å². The van der Waals surface area contributed by atoms with E-state index in [2.05, 4.69) is 50.3 Å². The lowest BCUT2D eigenvalue weighted by Gasteiger charge is -2.35. The summed E-state index contributed by atoms with van der Waals surface area (Å²) in [5.74, 6) is 1.42. The predicted octanol–water partition coefficient (Wildman–Crippen LogP) is 2.16. The summed E-state index contributed by atoms with van der Waals surface area (Å²) in [7, 11) is 0. The zero-order valence-electron chi connectivity index (χ0n) is 14.7. The van der Waals surface area contributed by atoms with Gasteiger partial charge >= 0.3 is 0 Å². The standard InChI is InChI=1S/C19H27N5O/c20-19(9-4-5-10-19)18-21-17(25-22-18)8-11-23-12-14-24(15-13-23)16-6-2-1-3-7-16/h1-3,6-7H,4-5,8-15,20H2. The van der Waals surface area contributed by atoms with Crippen LogP contribution in [0.1, 0.15) is 37.4 Å². The third-order valence-corrected chi connectivity index (χ3v) is 5.54. The lowest BCUT2D eigenvalue weighted by Crippen LogP contribution is -2.47. The summed E-state index contributed by atoms with van der Waals surface area (Å²) in [5.41, 5.74) is 7.36. The molecule has 2 heterocycles. The van der Waals surface area contributed by atoms with E-state index in [1.54, 1.807) is 0 Å². The third kappa shape index (κ3) is 3.70. The molecule has 2 aliphatic rings. The third-order valence-electron chi connectivity index (χ3n) is 5.54. The molecule has 2 N–H and O–H groups in total. The number of benzene rings is 1. The number of rotatable bonds is 5. The summed E-state index contributed by atoms with van der Waals surface area (Å²) in [4.78, 5) is 9.48. The summed E-state index contributed by atoms with van der Waals surface area (Å²) < 4.78 is 5.45. The second-order valence-corrected chi connectivity index (χ2v) is 7.29. The first-order valence-electron chi connectivity index (χ1n) is 9.37. The fourth-order valence-corrected chi connectivity index (χ4v) is 3.91. The number of piperazine rings is 1. The van der Waals surface area contributed by atoms with Crippen LogP contribution in [0.25, 0.3) is 0 Å². The normalized spacial score (nSPS) is 20.9. The van der Waals surface area contributed by atoms with Gasteiger partial charge in [0.15, 0.2) is 5.82 Å². The molecule has 1 saturated carbocycles. The fraction of sp³-hybridized carbons (Fsp3) is 0.579. The average Bonchev–Trinajstić information content (AvgIpc) is 3.31. The largest absolute Gasteiger partial charge is 0.369 e. The average molecular weight is 341 g/mol. The number of para-hydroxylation sites is 1. The van der Waals surface area contributed by atoms with Gasteiger partial charge in [-0.2, -0.15) is 4.98 Å². The number of hydrogen-bond acceptors (Lipinski definition) is 6. The van der Waals surface area contributed by atoms with E-state index in [9.17, 15) is 0 Å². The molecule has 0 bridgehead atoms. The highest BCUT2D eigenvalue weighted by Gasteiger charge is 2.35. The second kappa shape index (κ2) is 7.14. The van der Waals surface area contributed by atoms with Gasteiger partial charge in [0, 0.05) is 44.8 Å². The van der Waals surface area contributed by atoms with E-state index in [-0.39, 0.29) is 5.54 Å². The Labute approximate surface area is 149 Å². The van der Waals surface area contributed by atoms with E-state index in [4.69, 9.17) is 10.3 Å². The molecule has 0 radical (unpaired) electrons. The summed E-state index contributed by atoms with van der Waals surface area (Å²) >= 11 is 0. The van der Waals surface area contributed by atoms with Gasteiger partial charge in [-0.05, 0) is 25.0 Å². The van der Waals surface area contributed by atoms with Crippen molar-refractivity contribution in [1.82, 2.24) is 15.0 Å². The van der Waals surface area contributed by atoms with Crippen molar-refractivity contribution in [3.8, 4) is 0 Å². The summed E-state index contributed by atoms with van der Waals surface area (Å²) in [6.45, 7) is 5.21. The van der Waals surface area contributed by atoms with E-state index in [1.807, 2.05) is 0 Å². The summed E-state index contributed by atoms with van der Waals surface area (Å²) in [6.07, 6.45) is 5.05. The van der Waals surface area contributed by atoms with Crippen LogP contribution in [0.15, 0.2) is 34.9 Å². The molecule has 2 fully saturated rings. The van der Waals surface area contributed by atoms with Gasteiger partial charge in [0.2, 0.25) is 5.89 Å². The number of nitrogens with two attached hydrogens (primary N) is 1. The Morgan fingerprint density at radius 1 is 1.04 bits per heavy atom. The van der Waals surface area contributed by atoms with Gasteiger partial charge in [-0.15, -0.1) is 0 Å². The molecule has 1 aliphatic heterocycles. The van der Waals surface area contributed by atoms with Gasteiger partial charge in [-0.25, -0.2) is 0 Å². The van der Waals surface area contributed by atoms with Gasteiger partial charge in [-0.3, -0.25) is 4.90 Å². The molecule has 25 heavy (non-hydrogen) atoms. The smallest absolute Gasteiger partial charge is 0.228 e. The minimum atomic E-state index is -0.358. The molecule has 2 aromatic rings. The zero-order chi connectivity index (χ0) is 17.1. The van der Waals surface area contributed by atoms with E-state index in [0.29, 0.717) is 5.82 Å². The minimum Gasteiger partial charge on any atom is -0.369 e. The highest BCUT2D eigenvalue weighted by molar-refractivity contribution is 5.46. The van der Waals surface area contributed by atoms with E-state index in [1.165, 1.54) is 5.69 Å². The van der Waals surface area contributed by atoms with Crippen molar-refractivity contribution in [2.75, 3.05) is 37.6 Å². The van der Waals surface area contributed by atoms with E-state index >= 15 is 0 Å². The predicted molar refractivity (Wildman–Crippen MR) is 97.4 cm³/mol. The van der Waals surface area contributed by atoms with E-state index < -0.39 is 0 Å². The molecule has 6 heteroatoms. The first-order chi connectivity index (χ1) is 12.2. The number of aromatic nitrogens is 2. The molecule has 0 spiro atoms. The van der Waals surface area contributed by atoms with Crippen molar-refractivity contribution in [2.45, 2.75) is 37.6 Å². The Morgan fingerprint density at radius 3 is 2.48 bits per heavy atom. The topological polar surface area (TPSA) is 71.4 Å². The second-order valence-electron chi connectivity index (χ2n) is 7.29. The van der Waals surface area contributed by atoms with Gasteiger partial charge < -0.3 is 15.2 Å². The molecular weight excluding hydrogens is 314 g/mol. The van der Waals surface area contributed by atoms with Crippen LogP contribution in [0, 0.1) is 0 Å². The number of hydrogen-bond donors (Lipinski definition) is 1. The Kier molecular flexibility index (Phi) is 4.72.